The SMILES string of the molecule is CCOC(=O)CCC(Cl)c1c(C)cc(OC)cc1C. The predicted octanol–water partition coefficient (Wildman–Crippen LogP) is 3.94. The van der Waals surface area contributed by atoms with Crippen LogP contribution >= 0.6 is 11.6 Å². The van der Waals surface area contributed by atoms with Crippen LogP contribution in [0.2, 0.25) is 0 Å². The minimum Gasteiger partial charge on any atom is -0.497 e. The molecule has 1 aromatic carbocycles. The lowest BCUT2D eigenvalue weighted by Crippen LogP contribution is -2.06. The zero-order valence-electron chi connectivity index (χ0n) is 12.0. The Morgan fingerprint density at radius 1 is 1.32 bits per heavy atom. The second-order valence-electron chi connectivity index (χ2n) is 4.49. The molecule has 4 heteroatoms. The molecule has 0 saturated heterocycles. The van der Waals surface area contributed by atoms with E-state index in [-0.39, 0.29) is 11.3 Å². The molecule has 3 nitrogen and oxygen atoms in total. The number of halogens is 1. The van der Waals surface area contributed by atoms with E-state index < -0.39 is 0 Å². The normalized spacial score (nSPS) is 12.1. The number of hydrogen-bond acceptors (Lipinski definition) is 3. The van der Waals surface area contributed by atoms with Gasteiger partial charge in [0.25, 0.3) is 0 Å². The Labute approximate surface area is 119 Å². The largest absolute Gasteiger partial charge is 0.497 e. The highest BCUT2D eigenvalue weighted by Crippen LogP contribution is 2.33. The van der Waals surface area contributed by atoms with E-state index in [9.17, 15) is 4.79 Å². The van der Waals surface area contributed by atoms with Gasteiger partial charge in [-0.2, -0.15) is 0 Å². The van der Waals surface area contributed by atoms with Gasteiger partial charge in [-0.25, -0.2) is 0 Å². The van der Waals surface area contributed by atoms with Gasteiger partial charge in [-0.15, -0.1) is 11.6 Å². The van der Waals surface area contributed by atoms with Gasteiger partial charge in [0, 0.05) is 6.42 Å². The molecule has 0 amide bonds. The third-order valence-electron chi connectivity index (χ3n) is 3.02. The number of esters is 1. The van der Waals surface area contributed by atoms with E-state index in [0.29, 0.717) is 19.4 Å². The molecule has 0 spiro atoms. The van der Waals surface area contributed by atoms with Crippen molar-refractivity contribution >= 4 is 17.6 Å². The van der Waals surface area contributed by atoms with Crippen LogP contribution in [0.3, 0.4) is 0 Å². The van der Waals surface area contributed by atoms with E-state index in [1.165, 1.54) is 0 Å². The molecule has 1 rings (SSSR count). The summed E-state index contributed by atoms with van der Waals surface area (Å²) in [5, 5.41) is -0.185. The highest BCUT2D eigenvalue weighted by Gasteiger charge is 2.16. The Morgan fingerprint density at radius 2 is 1.89 bits per heavy atom. The number of alkyl halides is 1. The van der Waals surface area contributed by atoms with Gasteiger partial charge in [-0.05, 0) is 56.0 Å². The Bertz CT molecular complexity index is 420. The molecule has 0 N–H and O–H groups in total. The predicted molar refractivity (Wildman–Crippen MR) is 76.9 cm³/mol. The lowest BCUT2D eigenvalue weighted by Gasteiger charge is -2.17. The van der Waals surface area contributed by atoms with Crippen LogP contribution in [0.15, 0.2) is 12.1 Å². The van der Waals surface area contributed by atoms with Crippen LogP contribution in [0.5, 0.6) is 5.75 Å². The summed E-state index contributed by atoms with van der Waals surface area (Å²) in [7, 11) is 1.65. The zero-order chi connectivity index (χ0) is 14.4. The molecule has 0 saturated carbocycles. The second-order valence-corrected chi connectivity index (χ2v) is 5.01. The lowest BCUT2D eigenvalue weighted by molar-refractivity contribution is -0.143. The molecule has 1 aromatic rings. The monoisotopic (exact) mass is 284 g/mol. The van der Waals surface area contributed by atoms with Crippen molar-refractivity contribution in [2.45, 2.75) is 39.0 Å². The highest BCUT2D eigenvalue weighted by molar-refractivity contribution is 6.21. The number of hydrogen-bond donors (Lipinski definition) is 0. The molecule has 0 radical (unpaired) electrons. The van der Waals surface area contributed by atoms with Gasteiger partial charge in [-0.1, -0.05) is 0 Å². The summed E-state index contributed by atoms with van der Waals surface area (Å²) in [6.45, 7) is 6.22. The molecule has 106 valence electrons. The molecule has 0 aliphatic rings. The minimum atomic E-state index is -0.197. The third kappa shape index (κ3) is 4.43. The lowest BCUT2D eigenvalue weighted by atomic mass is 9.97. The van der Waals surface area contributed by atoms with Gasteiger partial charge in [0.05, 0.1) is 19.1 Å². The standard InChI is InChI=1S/C15H21ClO3/c1-5-19-14(17)7-6-13(16)15-10(2)8-12(18-4)9-11(15)3/h8-9,13H,5-7H2,1-4H3. The molecule has 0 aliphatic carbocycles. The maximum Gasteiger partial charge on any atom is 0.305 e. The first kappa shape index (κ1) is 15.8. The Morgan fingerprint density at radius 3 is 2.37 bits per heavy atom. The van der Waals surface area contributed by atoms with Crippen LogP contribution in [0.25, 0.3) is 0 Å². The van der Waals surface area contributed by atoms with Gasteiger partial charge in [0.2, 0.25) is 0 Å². The van der Waals surface area contributed by atoms with E-state index >= 15 is 0 Å². The van der Waals surface area contributed by atoms with E-state index in [4.69, 9.17) is 21.1 Å². The number of methoxy groups -OCH3 is 1. The highest BCUT2D eigenvalue weighted by atomic mass is 35.5. The topological polar surface area (TPSA) is 35.5 Å². The van der Waals surface area contributed by atoms with Gasteiger partial charge >= 0.3 is 5.97 Å². The number of benzene rings is 1. The summed E-state index contributed by atoms with van der Waals surface area (Å²) in [6.07, 6.45) is 0.918. The van der Waals surface area contributed by atoms with Crippen molar-refractivity contribution in [3.8, 4) is 5.75 Å². The second kappa shape index (κ2) is 7.39. The molecule has 0 bridgehead atoms. The Hall–Kier alpha value is -1.22. The van der Waals surface area contributed by atoms with Crippen molar-refractivity contribution in [2.24, 2.45) is 0 Å². The van der Waals surface area contributed by atoms with Crippen molar-refractivity contribution < 1.29 is 14.3 Å². The van der Waals surface area contributed by atoms with Crippen LogP contribution in [0, 0.1) is 13.8 Å². The molecule has 1 atom stereocenters. The van der Waals surface area contributed by atoms with Gasteiger partial charge in [0.1, 0.15) is 5.75 Å². The maximum atomic E-state index is 11.3. The summed E-state index contributed by atoms with van der Waals surface area (Å²) in [6, 6.07) is 3.92. The zero-order valence-corrected chi connectivity index (χ0v) is 12.7. The molecule has 0 aromatic heterocycles. The maximum absolute atomic E-state index is 11.3. The van der Waals surface area contributed by atoms with Crippen LogP contribution in [0.4, 0.5) is 0 Å². The van der Waals surface area contributed by atoms with Crippen LogP contribution in [0.1, 0.15) is 41.8 Å². The number of aryl methyl sites for hydroxylation is 2. The number of carbonyl (C=O) groups excluding carboxylic acids is 1. The first-order chi connectivity index (χ1) is 8.99. The van der Waals surface area contributed by atoms with Crippen LogP contribution in [-0.2, 0) is 9.53 Å². The summed E-state index contributed by atoms with van der Waals surface area (Å²) < 4.78 is 10.1. The summed E-state index contributed by atoms with van der Waals surface area (Å²) in [4.78, 5) is 11.3. The van der Waals surface area contributed by atoms with Gasteiger partial charge < -0.3 is 9.47 Å². The van der Waals surface area contributed by atoms with Crippen molar-refractivity contribution in [3.05, 3.63) is 28.8 Å². The first-order valence-electron chi connectivity index (χ1n) is 6.44. The minimum absolute atomic E-state index is 0.185. The van der Waals surface area contributed by atoms with E-state index in [0.717, 1.165) is 22.4 Å². The average molecular weight is 285 g/mol. The number of carbonyl (C=O) groups is 1. The quantitative estimate of drug-likeness (QED) is 0.586. The summed E-state index contributed by atoms with van der Waals surface area (Å²) in [5.41, 5.74) is 3.24. The molecule has 0 aliphatic heterocycles. The van der Waals surface area contributed by atoms with E-state index in [1.54, 1.807) is 14.0 Å². The van der Waals surface area contributed by atoms with Crippen LogP contribution in [-0.4, -0.2) is 19.7 Å². The molecule has 19 heavy (non-hydrogen) atoms. The number of rotatable bonds is 6. The van der Waals surface area contributed by atoms with Crippen LogP contribution < -0.4 is 4.74 Å². The first-order valence-corrected chi connectivity index (χ1v) is 6.88. The Kier molecular flexibility index (Phi) is 6.16. The van der Waals surface area contributed by atoms with E-state index in [1.807, 2.05) is 26.0 Å². The van der Waals surface area contributed by atoms with Gasteiger partial charge in [0.15, 0.2) is 0 Å². The molecule has 0 heterocycles. The van der Waals surface area contributed by atoms with E-state index in [2.05, 4.69) is 0 Å². The Balaban J connectivity index is 2.77. The van der Waals surface area contributed by atoms with Crippen molar-refractivity contribution in [1.29, 1.82) is 0 Å². The average Bonchev–Trinajstić information content (AvgIpc) is 2.35. The third-order valence-corrected chi connectivity index (χ3v) is 3.46. The van der Waals surface area contributed by atoms with Crippen molar-refractivity contribution in [3.63, 3.8) is 0 Å². The molecule has 0 fully saturated rings. The summed E-state index contributed by atoms with van der Waals surface area (Å²) >= 11 is 6.41. The fourth-order valence-corrected chi connectivity index (χ4v) is 2.62. The van der Waals surface area contributed by atoms with Crippen molar-refractivity contribution in [2.75, 3.05) is 13.7 Å². The smallest absolute Gasteiger partial charge is 0.305 e. The summed E-state index contributed by atoms with van der Waals surface area (Å²) in [5.74, 6) is 0.630. The van der Waals surface area contributed by atoms with Gasteiger partial charge in [-0.3, -0.25) is 4.79 Å². The molecule has 1 unspecified atom stereocenters. The molecular formula is C15H21ClO3. The fourth-order valence-electron chi connectivity index (χ4n) is 2.17. The molecular weight excluding hydrogens is 264 g/mol. The fraction of sp³-hybridized carbons (Fsp3) is 0.533. The van der Waals surface area contributed by atoms with Crippen molar-refractivity contribution in [1.82, 2.24) is 0 Å². The number of ether oxygens (including phenoxy) is 2.